The molecule has 11 nitrogen and oxygen atoms in total. The maximum Gasteiger partial charge on any atom is 0.461 e. The molecule has 0 saturated heterocycles. The van der Waals surface area contributed by atoms with E-state index in [9.17, 15) is 31.5 Å². The van der Waals surface area contributed by atoms with Gasteiger partial charge in [-0.05, 0) is 47.5 Å². The van der Waals surface area contributed by atoms with Crippen LogP contribution in [-0.4, -0.2) is 65.4 Å². The smallest absolute Gasteiger partial charge is 0.355 e. The summed E-state index contributed by atoms with van der Waals surface area (Å²) in [6.45, 7) is 0.857. The van der Waals surface area contributed by atoms with Crippen molar-refractivity contribution < 1.29 is 31.5 Å². The fourth-order valence-corrected chi connectivity index (χ4v) is 4.38. The Labute approximate surface area is 232 Å². The molecule has 18 heteroatoms. The molecule has 0 bridgehead atoms. The van der Waals surface area contributed by atoms with Crippen LogP contribution in [0.25, 0.3) is 5.82 Å². The van der Waals surface area contributed by atoms with E-state index in [1.165, 1.54) is 25.4 Å². The van der Waals surface area contributed by atoms with Gasteiger partial charge in [0.2, 0.25) is 11.7 Å². The molecule has 1 unspecified atom stereocenters. The first kappa shape index (κ1) is 29.1. The van der Waals surface area contributed by atoms with Crippen molar-refractivity contribution in [3.05, 3.63) is 69.6 Å². The molecule has 0 aliphatic heterocycles. The van der Waals surface area contributed by atoms with Crippen molar-refractivity contribution in [1.82, 2.24) is 45.6 Å². The van der Waals surface area contributed by atoms with E-state index in [1.807, 2.05) is 0 Å². The normalized spacial score (nSPS) is 16.1. The van der Waals surface area contributed by atoms with Crippen molar-refractivity contribution >= 4 is 35.0 Å². The van der Waals surface area contributed by atoms with Gasteiger partial charge in [-0.25, -0.2) is 14.3 Å². The van der Waals surface area contributed by atoms with Crippen molar-refractivity contribution in [3.63, 3.8) is 0 Å². The van der Waals surface area contributed by atoms with E-state index >= 15 is 0 Å². The number of carbonyl (C=O) groups is 2. The number of nitrogens with one attached hydrogen (secondary N) is 2. The van der Waals surface area contributed by atoms with Crippen LogP contribution in [0, 0.1) is 0 Å². The summed E-state index contributed by atoms with van der Waals surface area (Å²) in [7, 11) is 1.41. The summed E-state index contributed by atoms with van der Waals surface area (Å²) in [6.07, 6.45) is -2.87. The second-order valence-corrected chi connectivity index (χ2v) is 9.40. The van der Waals surface area contributed by atoms with E-state index in [-0.39, 0.29) is 44.6 Å². The highest BCUT2D eigenvalue weighted by atomic mass is 35.5. The Balaban J connectivity index is 1.77. The van der Waals surface area contributed by atoms with Gasteiger partial charge < -0.3 is 10.6 Å². The molecule has 2 amide bonds. The van der Waals surface area contributed by atoms with Gasteiger partial charge in [-0.3, -0.25) is 9.59 Å². The van der Waals surface area contributed by atoms with E-state index in [1.54, 1.807) is 13.0 Å². The van der Waals surface area contributed by atoms with Crippen molar-refractivity contribution in [1.29, 1.82) is 0 Å². The molecule has 1 aliphatic carbocycles. The number of allylic oxidation sites excluding steroid dienone is 2. The first-order valence-electron chi connectivity index (χ1n) is 11.2. The van der Waals surface area contributed by atoms with Gasteiger partial charge >= 0.3 is 12.1 Å². The lowest BCUT2D eigenvalue weighted by molar-refractivity contribution is -0.293. The summed E-state index contributed by atoms with van der Waals surface area (Å²) >= 11 is 12.4. The molecular weight excluding hydrogens is 588 g/mol. The molecule has 0 radical (unpaired) electrons. The lowest BCUT2D eigenvalue weighted by Gasteiger charge is -2.22. The molecular formula is C22H18Cl2F5N9O2. The Morgan fingerprint density at radius 1 is 1.20 bits per heavy atom. The van der Waals surface area contributed by atoms with Crippen LogP contribution in [0.2, 0.25) is 5.02 Å². The average molecular weight is 606 g/mol. The molecule has 212 valence electrons. The molecule has 3 heterocycles. The predicted octanol–water partition coefficient (Wildman–Crippen LogP) is 3.30. The second kappa shape index (κ2) is 10.9. The quantitative estimate of drug-likeness (QED) is 0.312. The summed E-state index contributed by atoms with van der Waals surface area (Å²) in [5, 5.41) is 17.8. The van der Waals surface area contributed by atoms with Crippen molar-refractivity contribution in [2.45, 2.75) is 37.4 Å². The van der Waals surface area contributed by atoms with Crippen LogP contribution in [0.3, 0.4) is 0 Å². The lowest BCUT2D eigenvalue weighted by atomic mass is 9.95. The van der Waals surface area contributed by atoms with Crippen molar-refractivity contribution in [2.24, 2.45) is 0 Å². The summed E-state index contributed by atoms with van der Waals surface area (Å²) in [5.74, 6) is -8.48. The molecule has 3 aromatic heterocycles. The van der Waals surface area contributed by atoms with Crippen LogP contribution in [0.5, 0.6) is 0 Å². The fourth-order valence-electron chi connectivity index (χ4n) is 3.84. The fraction of sp³-hybridized carbons (Fsp3) is 0.318. The highest BCUT2D eigenvalue weighted by Crippen LogP contribution is 2.42. The predicted molar refractivity (Wildman–Crippen MR) is 130 cm³/mol. The Hall–Kier alpha value is -3.92. The van der Waals surface area contributed by atoms with Gasteiger partial charge in [0, 0.05) is 18.8 Å². The number of carbonyl (C=O) groups excluding carboxylic acids is 2. The van der Waals surface area contributed by atoms with Gasteiger partial charge in [0.05, 0.1) is 28.3 Å². The molecule has 0 saturated carbocycles. The van der Waals surface area contributed by atoms with Gasteiger partial charge in [-0.15, -0.1) is 16.7 Å². The summed E-state index contributed by atoms with van der Waals surface area (Å²) < 4.78 is 68.0. The van der Waals surface area contributed by atoms with Crippen LogP contribution in [0.1, 0.15) is 35.4 Å². The minimum absolute atomic E-state index is 0.0434. The van der Waals surface area contributed by atoms with Crippen LogP contribution >= 0.6 is 23.2 Å². The van der Waals surface area contributed by atoms with Gasteiger partial charge in [-0.2, -0.15) is 27.1 Å². The van der Waals surface area contributed by atoms with E-state index in [2.05, 4.69) is 36.2 Å². The Bertz CT molecular complexity index is 1530. The average Bonchev–Trinajstić information content (AvgIpc) is 3.52. The molecule has 1 atom stereocenters. The number of likely N-dealkylation sites (N-methyl/N-ethyl adjacent to an activating group) is 1. The third-order valence-corrected chi connectivity index (χ3v) is 6.25. The zero-order valence-corrected chi connectivity index (χ0v) is 22.0. The number of tetrazole rings is 1. The SMILES string of the molecule is CNC(=O)C1=C(NC(=O)c2cc(Cn3nnnc3C(F)(F)C(F)(F)F)nn2-c2ncccc2Cl)C(C)=CC(Cl)C1. The maximum atomic E-state index is 14.0. The van der Waals surface area contributed by atoms with E-state index < -0.39 is 41.7 Å². The Kier molecular flexibility index (Phi) is 7.94. The highest BCUT2D eigenvalue weighted by molar-refractivity contribution is 6.32. The zero-order chi connectivity index (χ0) is 29.4. The van der Waals surface area contributed by atoms with Gasteiger partial charge in [0.15, 0.2) is 5.82 Å². The first-order valence-corrected chi connectivity index (χ1v) is 12.1. The van der Waals surface area contributed by atoms with Crippen LogP contribution in [-0.2, 0) is 17.3 Å². The van der Waals surface area contributed by atoms with Crippen molar-refractivity contribution in [2.75, 3.05) is 7.05 Å². The van der Waals surface area contributed by atoms with E-state index in [0.29, 0.717) is 5.57 Å². The number of rotatable bonds is 7. The standard InChI is InChI=1S/C22H18Cl2F5N9O2/c1-10-6-11(23)7-13(18(39)30-2)16(10)32-19(40)15-8-12(34-38(15)17-14(24)4-3-5-31-17)9-37-20(33-35-36-37)21(25,26)22(27,28)29/h3-6,8,11H,7,9H2,1-2H3,(H,30,39)(H,32,40). The number of hydrogen-bond donors (Lipinski definition) is 2. The number of aromatic nitrogens is 7. The minimum Gasteiger partial charge on any atom is -0.355 e. The molecule has 1 aliphatic rings. The molecule has 3 aromatic rings. The van der Waals surface area contributed by atoms with E-state index in [4.69, 9.17) is 23.2 Å². The third kappa shape index (κ3) is 5.54. The molecule has 0 aromatic carbocycles. The number of halogens is 7. The lowest BCUT2D eigenvalue weighted by Crippen LogP contribution is -2.36. The second-order valence-electron chi connectivity index (χ2n) is 8.43. The number of hydrogen-bond acceptors (Lipinski definition) is 7. The van der Waals surface area contributed by atoms with Crippen LogP contribution in [0.15, 0.2) is 47.3 Å². The van der Waals surface area contributed by atoms with Crippen LogP contribution in [0.4, 0.5) is 22.0 Å². The van der Waals surface area contributed by atoms with Gasteiger partial charge in [-0.1, -0.05) is 17.7 Å². The molecule has 2 N–H and O–H groups in total. The van der Waals surface area contributed by atoms with Gasteiger partial charge in [0.25, 0.3) is 5.91 Å². The number of amides is 2. The number of alkyl halides is 6. The molecule has 4 rings (SSSR count). The molecule has 0 spiro atoms. The monoisotopic (exact) mass is 605 g/mol. The minimum atomic E-state index is -5.96. The molecule has 0 fully saturated rings. The third-order valence-electron chi connectivity index (χ3n) is 5.68. The van der Waals surface area contributed by atoms with Crippen LogP contribution < -0.4 is 10.6 Å². The van der Waals surface area contributed by atoms with Crippen molar-refractivity contribution in [3.8, 4) is 5.82 Å². The topological polar surface area (TPSA) is 133 Å². The largest absolute Gasteiger partial charge is 0.461 e. The maximum absolute atomic E-state index is 14.0. The first-order chi connectivity index (χ1) is 18.7. The Morgan fingerprint density at radius 3 is 2.58 bits per heavy atom. The molecule has 40 heavy (non-hydrogen) atoms. The number of nitrogens with zero attached hydrogens (tertiary/aromatic N) is 7. The summed E-state index contributed by atoms with van der Waals surface area (Å²) in [6, 6.07) is 4.06. The summed E-state index contributed by atoms with van der Waals surface area (Å²) in [5.41, 5.74) is 0.446. The summed E-state index contributed by atoms with van der Waals surface area (Å²) in [4.78, 5) is 30.0. The number of pyridine rings is 1. The highest BCUT2D eigenvalue weighted by Gasteiger charge is 2.62. The zero-order valence-electron chi connectivity index (χ0n) is 20.5. The van der Waals surface area contributed by atoms with E-state index in [0.717, 1.165) is 10.7 Å². The van der Waals surface area contributed by atoms with Gasteiger partial charge in [0.1, 0.15) is 5.69 Å². The Morgan fingerprint density at radius 2 is 1.93 bits per heavy atom.